The lowest BCUT2D eigenvalue weighted by atomic mass is 10.1. The Morgan fingerprint density at radius 2 is 2.00 bits per heavy atom. The second-order valence-corrected chi connectivity index (χ2v) is 6.73. The summed E-state index contributed by atoms with van der Waals surface area (Å²) >= 11 is 9.32. The molecule has 1 aliphatic rings. The Morgan fingerprint density at radius 1 is 1.29 bits per heavy atom. The van der Waals surface area contributed by atoms with Gasteiger partial charge in [0.1, 0.15) is 6.17 Å². The molecule has 7 heteroatoms. The molecule has 1 aliphatic heterocycles. The minimum Gasteiger partial charge on any atom is -0.363 e. The van der Waals surface area contributed by atoms with Gasteiger partial charge in [-0.3, -0.25) is 15.0 Å². The molecule has 0 spiro atoms. The van der Waals surface area contributed by atoms with Crippen molar-refractivity contribution in [2.24, 2.45) is 0 Å². The minimum absolute atomic E-state index is 0.288. The molecular weight excluding hydrogens is 394 g/mol. The third-order valence-electron chi connectivity index (χ3n) is 3.78. The summed E-state index contributed by atoms with van der Waals surface area (Å²) in [4.78, 5) is 25.2. The molecule has 0 bridgehead atoms. The van der Waals surface area contributed by atoms with E-state index in [1.54, 1.807) is 42.5 Å². The number of nitrogens with one attached hydrogen (secondary N) is 2. The topological polar surface area (TPSA) is 61.4 Å². The maximum absolute atomic E-state index is 12.8. The molecule has 1 unspecified atom stereocenters. The lowest BCUT2D eigenvalue weighted by molar-refractivity contribution is 0.0488. The van der Waals surface area contributed by atoms with Crippen LogP contribution in [0, 0.1) is 0 Å². The molecule has 124 valence electrons. The fraction of sp³-hybridized carbons (Fsp3) is 0.176. The first kappa shape index (κ1) is 16.8. The molecule has 0 saturated carbocycles. The van der Waals surface area contributed by atoms with Crippen LogP contribution in [0.15, 0.2) is 46.9 Å². The largest absolute Gasteiger partial charge is 0.363 e. The molecule has 2 N–H and O–H groups in total. The van der Waals surface area contributed by atoms with Gasteiger partial charge in [0.05, 0.1) is 5.56 Å². The zero-order chi connectivity index (χ0) is 17.3. The smallest absolute Gasteiger partial charge is 0.276 e. The molecule has 0 aromatic heterocycles. The maximum atomic E-state index is 12.8. The number of hydrogen-bond donors (Lipinski definition) is 2. The van der Waals surface area contributed by atoms with E-state index >= 15 is 0 Å². The van der Waals surface area contributed by atoms with E-state index in [-0.39, 0.29) is 18.0 Å². The lowest BCUT2D eigenvalue weighted by Crippen LogP contribution is -2.57. The standard InChI is InChI=1S/C17H15BrClN3O2/c1-2-15-20-14-8-7-12(19)9-13(14)17(24)22(15)21-16(23)10-3-5-11(18)6-4-10/h3-9,15,20H,2H2,1H3,(H,21,23). The SMILES string of the molecule is CCC1Nc2ccc(Cl)cc2C(=O)N1NC(=O)c1ccc(Br)cc1. The van der Waals surface area contributed by atoms with E-state index in [0.717, 1.165) is 4.47 Å². The van der Waals surface area contributed by atoms with E-state index in [4.69, 9.17) is 11.6 Å². The highest BCUT2D eigenvalue weighted by atomic mass is 79.9. The summed E-state index contributed by atoms with van der Waals surface area (Å²) < 4.78 is 0.879. The number of halogens is 2. The molecule has 0 fully saturated rings. The highest BCUT2D eigenvalue weighted by Gasteiger charge is 2.32. The monoisotopic (exact) mass is 407 g/mol. The first-order valence-corrected chi connectivity index (χ1v) is 8.63. The quantitative estimate of drug-likeness (QED) is 0.805. The van der Waals surface area contributed by atoms with E-state index in [9.17, 15) is 9.59 Å². The van der Waals surface area contributed by atoms with Crippen LogP contribution in [-0.4, -0.2) is 23.0 Å². The van der Waals surface area contributed by atoms with Gasteiger partial charge >= 0.3 is 0 Å². The zero-order valence-corrected chi connectivity index (χ0v) is 15.2. The molecular formula is C17H15BrClN3O2. The van der Waals surface area contributed by atoms with Crippen LogP contribution < -0.4 is 10.7 Å². The highest BCUT2D eigenvalue weighted by molar-refractivity contribution is 9.10. The maximum Gasteiger partial charge on any atom is 0.276 e. The van der Waals surface area contributed by atoms with Gasteiger partial charge in [-0.15, -0.1) is 0 Å². The van der Waals surface area contributed by atoms with Gasteiger partial charge in [0.25, 0.3) is 11.8 Å². The van der Waals surface area contributed by atoms with Crippen LogP contribution in [0.4, 0.5) is 5.69 Å². The summed E-state index contributed by atoms with van der Waals surface area (Å²) in [6.45, 7) is 1.94. The summed E-state index contributed by atoms with van der Waals surface area (Å²) in [5.74, 6) is -0.634. The van der Waals surface area contributed by atoms with E-state index < -0.39 is 0 Å². The summed E-state index contributed by atoms with van der Waals surface area (Å²) in [5.41, 5.74) is 4.31. The van der Waals surface area contributed by atoms with Gasteiger partial charge in [0, 0.05) is 20.7 Å². The number of amides is 2. The van der Waals surface area contributed by atoms with E-state index in [2.05, 4.69) is 26.7 Å². The number of carbonyl (C=O) groups excluding carboxylic acids is 2. The molecule has 1 atom stereocenters. The van der Waals surface area contributed by atoms with E-state index in [1.165, 1.54) is 5.01 Å². The second kappa shape index (κ2) is 6.83. The van der Waals surface area contributed by atoms with Crippen molar-refractivity contribution >= 4 is 45.0 Å². The fourth-order valence-electron chi connectivity index (χ4n) is 2.52. The summed E-state index contributed by atoms with van der Waals surface area (Å²) in [7, 11) is 0. The molecule has 2 amide bonds. The highest BCUT2D eigenvalue weighted by Crippen LogP contribution is 2.28. The Hall–Kier alpha value is -2.05. The molecule has 0 radical (unpaired) electrons. The third-order valence-corrected chi connectivity index (χ3v) is 4.54. The number of carbonyl (C=O) groups is 2. The van der Waals surface area contributed by atoms with E-state index in [1.807, 2.05) is 6.92 Å². The first-order chi connectivity index (χ1) is 11.5. The first-order valence-electron chi connectivity index (χ1n) is 7.46. The number of anilines is 1. The minimum atomic E-state index is -0.346. The van der Waals surface area contributed by atoms with E-state index in [0.29, 0.717) is 28.3 Å². The molecule has 1 heterocycles. The van der Waals surface area contributed by atoms with Gasteiger partial charge in [-0.2, -0.15) is 0 Å². The normalized spacial score (nSPS) is 16.4. The predicted molar refractivity (Wildman–Crippen MR) is 96.9 cm³/mol. The Bertz CT molecular complexity index is 795. The van der Waals surface area contributed by atoms with Crippen LogP contribution >= 0.6 is 27.5 Å². The summed E-state index contributed by atoms with van der Waals surface area (Å²) in [5, 5.41) is 5.04. The zero-order valence-electron chi connectivity index (χ0n) is 12.8. The summed E-state index contributed by atoms with van der Waals surface area (Å²) in [6.07, 6.45) is 0.305. The second-order valence-electron chi connectivity index (χ2n) is 5.38. The number of fused-ring (bicyclic) bond motifs is 1. The van der Waals surface area contributed by atoms with Crippen molar-refractivity contribution in [3.05, 3.63) is 63.1 Å². The van der Waals surface area contributed by atoms with Crippen LogP contribution in [0.3, 0.4) is 0 Å². The van der Waals surface area contributed by atoms with Crippen molar-refractivity contribution < 1.29 is 9.59 Å². The van der Waals surface area contributed by atoms with Gasteiger partial charge in [-0.05, 0) is 48.9 Å². The van der Waals surface area contributed by atoms with Crippen molar-refractivity contribution in [1.29, 1.82) is 0 Å². The van der Waals surface area contributed by atoms with Crippen molar-refractivity contribution in [2.45, 2.75) is 19.5 Å². The Kier molecular flexibility index (Phi) is 4.78. The molecule has 3 rings (SSSR count). The van der Waals surface area contributed by atoms with Gasteiger partial charge in [0.2, 0.25) is 0 Å². The van der Waals surface area contributed by atoms with Crippen molar-refractivity contribution in [3.8, 4) is 0 Å². The number of hydrazine groups is 1. The average molecular weight is 409 g/mol. The summed E-state index contributed by atoms with van der Waals surface area (Å²) in [6, 6.07) is 12.0. The molecule has 24 heavy (non-hydrogen) atoms. The fourth-order valence-corrected chi connectivity index (χ4v) is 2.96. The third kappa shape index (κ3) is 3.25. The molecule has 2 aromatic rings. The van der Waals surface area contributed by atoms with Crippen LogP contribution in [0.5, 0.6) is 0 Å². The lowest BCUT2D eigenvalue weighted by Gasteiger charge is -2.37. The van der Waals surface area contributed by atoms with Gasteiger partial charge in [-0.1, -0.05) is 34.5 Å². The number of nitrogens with zero attached hydrogens (tertiary/aromatic N) is 1. The average Bonchev–Trinajstić information content (AvgIpc) is 2.58. The molecule has 0 aliphatic carbocycles. The van der Waals surface area contributed by atoms with Crippen LogP contribution in [0.25, 0.3) is 0 Å². The predicted octanol–water partition coefficient (Wildman–Crippen LogP) is 4.05. The Labute approximate surface area is 153 Å². The van der Waals surface area contributed by atoms with Crippen molar-refractivity contribution in [1.82, 2.24) is 10.4 Å². The van der Waals surface area contributed by atoms with Crippen molar-refractivity contribution in [2.75, 3.05) is 5.32 Å². The number of benzene rings is 2. The molecule has 2 aromatic carbocycles. The number of hydrogen-bond acceptors (Lipinski definition) is 3. The Balaban J connectivity index is 1.87. The van der Waals surface area contributed by atoms with Gasteiger partial charge in [0.15, 0.2) is 0 Å². The molecule has 5 nitrogen and oxygen atoms in total. The van der Waals surface area contributed by atoms with Crippen LogP contribution in [0.2, 0.25) is 5.02 Å². The van der Waals surface area contributed by atoms with Crippen LogP contribution in [0.1, 0.15) is 34.1 Å². The molecule has 0 saturated heterocycles. The van der Waals surface area contributed by atoms with Gasteiger partial charge < -0.3 is 5.32 Å². The Morgan fingerprint density at radius 3 is 2.67 bits per heavy atom. The van der Waals surface area contributed by atoms with Gasteiger partial charge in [-0.25, -0.2) is 5.01 Å². The van der Waals surface area contributed by atoms with Crippen LogP contribution in [-0.2, 0) is 0 Å². The number of rotatable bonds is 3. The van der Waals surface area contributed by atoms with Crippen molar-refractivity contribution in [3.63, 3.8) is 0 Å².